The van der Waals surface area contributed by atoms with E-state index in [9.17, 15) is 0 Å². The SMILES string of the molecule is CCCCCOc1ccc(C2CCC(C)CC2)cc1. The van der Waals surface area contributed by atoms with Crippen molar-refractivity contribution < 1.29 is 4.74 Å². The number of unbranched alkanes of at least 4 members (excludes halogenated alkanes) is 2. The van der Waals surface area contributed by atoms with Gasteiger partial charge in [0.25, 0.3) is 0 Å². The molecule has 0 aliphatic heterocycles. The van der Waals surface area contributed by atoms with Gasteiger partial charge in [-0.2, -0.15) is 0 Å². The van der Waals surface area contributed by atoms with Crippen LogP contribution in [-0.4, -0.2) is 6.61 Å². The maximum atomic E-state index is 5.77. The van der Waals surface area contributed by atoms with E-state index in [1.807, 2.05) is 0 Å². The molecule has 0 amide bonds. The standard InChI is InChI=1S/C18H28O/c1-3-4-5-14-19-18-12-10-17(11-13-18)16-8-6-15(2)7-9-16/h10-13,15-16H,3-9,14H2,1-2H3. The highest BCUT2D eigenvalue weighted by molar-refractivity contribution is 5.29. The predicted molar refractivity (Wildman–Crippen MR) is 81.8 cm³/mol. The van der Waals surface area contributed by atoms with Gasteiger partial charge in [-0.1, -0.05) is 51.7 Å². The molecule has 0 spiro atoms. The third kappa shape index (κ3) is 4.56. The summed E-state index contributed by atoms with van der Waals surface area (Å²) in [4.78, 5) is 0. The maximum absolute atomic E-state index is 5.77. The first-order valence-corrected chi connectivity index (χ1v) is 8.02. The van der Waals surface area contributed by atoms with Crippen LogP contribution in [0.2, 0.25) is 0 Å². The van der Waals surface area contributed by atoms with E-state index in [1.165, 1.54) is 50.5 Å². The topological polar surface area (TPSA) is 9.23 Å². The quantitative estimate of drug-likeness (QED) is 0.609. The van der Waals surface area contributed by atoms with Crippen molar-refractivity contribution in [2.24, 2.45) is 5.92 Å². The first kappa shape index (κ1) is 14.4. The van der Waals surface area contributed by atoms with E-state index < -0.39 is 0 Å². The van der Waals surface area contributed by atoms with Crippen molar-refractivity contribution in [3.63, 3.8) is 0 Å². The average Bonchev–Trinajstić information content (AvgIpc) is 2.45. The molecule has 1 fully saturated rings. The van der Waals surface area contributed by atoms with Crippen molar-refractivity contribution in [1.82, 2.24) is 0 Å². The van der Waals surface area contributed by atoms with Gasteiger partial charge in [0, 0.05) is 0 Å². The molecule has 0 bridgehead atoms. The van der Waals surface area contributed by atoms with Gasteiger partial charge in [-0.25, -0.2) is 0 Å². The van der Waals surface area contributed by atoms with Crippen LogP contribution in [0, 0.1) is 5.92 Å². The Kier molecular flexibility index (Phi) is 5.75. The average molecular weight is 260 g/mol. The minimum absolute atomic E-state index is 0.783. The number of rotatable bonds is 6. The fourth-order valence-electron chi connectivity index (χ4n) is 2.97. The van der Waals surface area contributed by atoms with Crippen LogP contribution in [0.5, 0.6) is 5.75 Å². The van der Waals surface area contributed by atoms with E-state index >= 15 is 0 Å². The van der Waals surface area contributed by atoms with E-state index in [0.717, 1.165) is 24.2 Å². The minimum atomic E-state index is 0.783. The van der Waals surface area contributed by atoms with E-state index in [-0.39, 0.29) is 0 Å². The Labute approximate surface area is 118 Å². The zero-order valence-electron chi connectivity index (χ0n) is 12.5. The van der Waals surface area contributed by atoms with Crippen LogP contribution in [0.3, 0.4) is 0 Å². The van der Waals surface area contributed by atoms with E-state index in [1.54, 1.807) is 0 Å². The Bertz CT molecular complexity index is 346. The summed E-state index contributed by atoms with van der Waals surface area (Å²) in [5.41, 5.74) is 1.51. The summed E-state index contributed by atoms with van der Waals surface area (Å²) in [6.45, 7) is 5.46. The molecular weight excluding hydrogens is 232 g/mol. The van der Waals surface area contributed by atoms with Crippen LogP contribution in [0.25, 0.3) is 0 Å². The molecule has 0 saturated heterocycles. The summed E-state index contributed by atoms with van der Waals surface area (Å²) < 4.78 is 5.77. The van der Waals surface area contributed by atoms with Crippen molar-refractivity contribution in [2.45, 2.75) is 64.7 Å². The summed E-state index contributed by atoms with van der Waals surface area (Å²) in [5.74, 6) is 2.74. The van der Waals surface area contributed by atoms with Gasteiger partial charge in [0.1, 0.15) is 5.75 Å². The largest absolute Gasteiger partial charge is 0.494 e. The number of hydrogen-bond acceptors (Lipinski definition) is 1. The minimum Gasteiger partial charge on any atom is -0.494 e. The monoisotopic (exact) mass is 260 g/mol. The van der Waals surface area contributed by atoms with Crippen LogP contribution in [0.1, 0.15) is 70.3 Å². The molecule has 1 aliphatic rings. The summed E-state index contributed by atoms with van der Waals surface area (Å²) in [5, 5.41) is 0. The Hall–Kier alpha value is -0.980. The van der Waals surface area contributed by atoms with Crippen molar-refractivity contribution in [3.8, 4) is 5.75 Å². The van der Waals surface area contributed by atoms with Gasteiger partial charge in [-0.15, -0.1) is 0 Å². The highest BCUT2D eigenvalue weighted by Gasteiger charge is 2.19. The second-order valence-corrected chi connectivity index (χ2v) is 6.08. The first-order chi connectivity index (χ1) is 9.29. The predicted octanol–water partition coefficient (Wildman–Crippen LogP) is 5.55. The lowest BCUT2D eigenvalue weighted by atomic mass is 9.79. The van der Waals surface area contributed by atoms with Gasteiger partial charge in [-0.05, 0) is 48.8 Å². The van der Waals surface area contributed by atoms with Crippen LogP contribution in [-0.2, 0) is 0 Å². The van der Waals surface area contributed by atoms with Crippen LogP contribution in [0.4, 0.5) is 0 Å². The van der Waals surface area contributed by atoms with E-state index in [2.05, 4.69) is 38.1 Å². The van der Waals surface area contributed by atoms with E-state index in [4.69, 9.17) is 4.74 Å². The zero-order valence-corrected chi connectivity index (χ0v) is 12.5. The molecule has 1 aliphatic carbocycles. The summed E-state index contributed by atoms with van der Waals surface area (Å²) >= 11 is 0. The van der Waals surface area contributed by atoms with Gasteiger partial charge >= 0.3 is 0 Å². The molecule has 0 atom stereocenters. The molecule has 0 heterocycles. The number of hydrogen-bond donors (Lipinski definition) is 0. The molecule has 1 aromatic rings. The highest BCUT2D eigenvalue weighted by atomic mass is 16.5. The molecule has 0 aromatic heterocycles. The van der Waals surface area contributed by atoms with Gasteiger partial charge in [-0.3, -0.25) is 0 Å². The van der Waals surface area contributed by atoms with Gasteiger partial charge in [0.15, 0.2) is 0 Å². The Morgan fingerprint density at radius 2 is 1.68 bits per heavy atom. The lowest BCUT2D eigenvalue weighted by Crippen LogP contribution is -2.10. The van der Waals surface area contributed by atoms with Gasteiger partial charge in [0.05, 0.1) is 6.61 Å². The molecular formula is C18H28O. The fraction of sp³-hybridized carbons (Fsp3) is 0.667. The van der Waals surface area contributed by atoms with Crippen molar-refractivity contribution in [3.05, 3.63) is 29.8 Å². The molecule has 0 radical (unpaired) electrons. The molecule has 1 aromatic carbocycles. The molecule has 2 rings (SSSR count). The number of ether oxygens (including phenoxy) is 1. The van der Waals surface area contributed by atoms with Crippen molar-refractivity contribution >= 4 is 0 Å². The third-order valence-electron chi connectivity index (χ3n) is 4.38. The second-order valence-electron chi connectivity index (χ2n) is 6.08. The summed E-state index contributed by atoms with van der Waals surface area (Å²) in [6.07, 6.45) is 9.18. The van der Waals surface area contributed by atoms with Crippen LogP contribution in [0.15, 0.2) is 24.3 Å². The number of benzene rings is 1. The zero-order chi connectivity index (χ0) is 13.5. The third-order valence-corrected chi connectivity index (χ3v) is 4.38. The summed E-state index contributed by atoms with van der Waals surface area (Å²) in [7, 11) is 0. The normalized spacial score (nSPS) is 23.3. The molecule has 1 nitrogen and oxygen atoms in total. The van der Waals surface area contributed by atoms with E-state index in [0.29, 0.717) is 0 Å². The van der Waals surface area contributed by atoms with Crippen LogP contribution < -0.4 is 4.74 Å². The molecule has 106 valence electrons. The molecule has 1 saturated carbocycles. The lowest BCUT2D eigenvalue weighted by Gasteiger charge is -2.26. The Morgan fingerprint density at radius 3 is 2.32 bits per heavy atom. The lowest BCUT2D eigenvalue weighted by molar-refractivity contribution is 0.306. The first-order valence-electron chi connectivity index (χ1n) is 8.02. The highest BCUT2D eigenvalue weighted by Crippen LogP contribution is 2.35. The molecule has 0 unspecified atom stereocenters. The molecule has 0 N–H and O–H groups in total. The van der Waals surface area contributed by atoms with Gasteiger partial charge < -0.3 is 4.74 Å². The van der Waals surface area contributed by atoms with Crippen molar-refractivity contribution in [2.75, 3.05) is 6.61 Å². The summed E-state index contributed by atoms with van der Waals surface area (Å²) in [6, 6.07) is 8.85. The molecule has 1 heteroatoms. The molecule has 19 heavy (non-hydrogen) atoms. The smallest absolute Gasteiger partial charge is 0.119 e. The Balaban J connectivity index is 1.81. The van der Waals surface area contributed by atoms with Gasteiger partial charge in [0.2, 0.25) is 0 Å². The maximum Gasteiger partial charge on any atom is 0.119 e. The second kappa shape index (κ2) is 7.57. The van der Waals surface area contributed by atoms with Crippen LogP contribution >= 0.6 is 0 Å². The van der Waals surface area contributed by atoms with Crippen molar-refractivity contribution in [1.29, 1.82) is 0 Å². The Morgan fingerprint density at radius 1 is 1.00 bits per heavy atom. The fourth-order valence-corrected chi connectivity index (χ4v) is 2.97.